The number of likely N-dealkylation sites (N-methyl/N-ethyl adjacent to an activating group) is 1. The lowest BCUT2D eigenvalue weighted by molar-refractivity contribution is -0.124. The molecule has 2 N–H and O–H groups in total. The minimum absolute atomic E-state index is 0.0854. The van der Waals surface area contributed by atoms with Gasteiger partial charge in [-0.1, -0.05) is 0 Å². The number of rotatable bonds is 7. The van der Waals surface area contributed by atoms with Crippen molar-refractivity contribution in [3.05, 3.63) is 39.7 Å². The number of fused-ring (bicyclic) bond motifs is 1. The number of likely N-dealkylation sites (tertiary alicyclic amines) is 1. The van der Waals surface area contributed by atoms with Gasteiger partial charge in [-0.2, -0.15) is 9.61 Å². The van der Waals surface area contributed by atoms with E-state index in [1.807, 2.05) is 0 Å². The summed E-state index contributed by atoms with van der Waals surface area (Å²) in [6.45, 7) is 3.18. The molecule has 10 heteroatoms. The Morgan fingerprint density at radius 2 is 2.11 bits per heavy atom. The third kappa shape index (κ3) is 4.61. The summed E-state index contributed by atoms with van der Waals surface area (Å²) in [5.41, 5.74) is 3.80. The van der Waals surface area contributed by atoms with Crippen molar-refractivity contribution in [2.24, 2.45) is 0 Å². The average molecular weight is 492 g/mol. The molecule has 6 rings (SSSR count). The highest BCUT2D eigenvalue weighted by Gasteiger charge is 2.27. The number of carbonyl (C=O) groups is 2. The quantitative estimate of drug-likeness (QED) is 0.388. The average Bonchev–Trinajstić information content (AvgIpc) is 3.18. The molecule has 2 amide bonds. The van der Waals surface area contributed by atoms with Crippen LogP contribution >= 0.6 is 11.3 Å². The summed E-state index contributed by atoms with van der Waals surface area (Å²) in [6.07, 6.45) is 7.03. The van der Waals surface area contributed by atoms with Gasteiger partial charge in [0.15, 0.2) is 5.65 Å². The van der Waals surface area contributed by atoms with E-state index in [1.165, 1.54) is 11.3 Å². The molecule has 1 saturated carbocycles. The Morgan fingerprint density at radius 3 is 2.83 bits per heavy atom. The van der Waals surface area contributed by atoms with Crippen LogP contribution in [-0.2, 0) is 16.1 Å². The second-order valence-electron chi connectivity index (χ2n) is 9.95. The van der Waals surface area contributed by atoms with Crippen LogP contribution in [-0.4, -0.2) is 75.5 Å². The molecule has 1 aliphatic carbocycles. The van der Waals surface area contributed by atoms with Crippen LogP contribution in [0, 0.1) is 0 Å². The molecule has 1 atom stereocenters. The highest BCUT2D eigenvalue weighted by Crippen LogP contribution is 2.32. The summed E-state index contributed by atoms with van der Waals surface area (Å²) < 4.78 is 1.79. The molecule has 5 heterocycles. The van der Waals surface area contributed by atoms with E-state index in [1.54, 1.807) is 28.1 Å². The van der Waals surface area contributed by atoms with Crippen molar-refractivity contribution in [1.82, 2.24) is 29.7 Å². The lowest BCUT2D eigenvalue weighted by Gasteiger charge is -2.19. The van der Waals surface area contributed by atoms with Crippen molar-refractivity contribution in [1.29, 1.82) is 0 Å². The SMILES string of the molecule is CN(C)C1CCN(Cc2cc(-c3cc(NC4CC4)n4ncc(/C=C5\CC(=O)NC5=O)c4n3)cs2)C1. The summed E-state index contributed by atoms with van der Waals surface area (Å²) in [7, 11) is 4.31. The Kier molecular flexibility index (Phi) is 5.66. The fourth-order valence-corrected chi connectivity index (χ4v) is 5.69. The first-order chi connectivity index (χ1) is 16.9. The van der Waals surface area contributed by atoms with Gasteiger partial charge in [-0.05, 0) is 45.5 Å². The van der Waals surface area contributed by atoms with E-state index in [-0.39, 0.29) is 18.2 Å². The van der Waals surface area contributed by atoms with E-state index in [0.29, 0.717) is 23.3 Å². The molecular weight excluding hydrogens is 462 g/mol. The summed E-state index contributed by atoms with van der Waals surface area (Å²) in [5, 5.41) is 12.6. The largest absolute Gasteiger partial charge is 0.367 e. The molecule has 2 saturated heterocycles. The van der Waals surface area contributed by atoms with Crippen LogP contribution in [0.3, 0.4) is 0 Å². The van der Waals surface area contributed by atoms with Crippen LogP contribution in [0.2, 0.25) is 0 Å². The lowest BCUT2D eigenvalue weighted by Crippen LogP contribution is -2.31. The van der Waals surface area contributed by atoms with Crippen LogP contribution in [0.4, 0.5) is 5.82 Å². The maximum absolute atomic E-state index is 12.1. The van der Waals surface area contributed by atoms with Crippen LogP contribution in [0.1, 0.15) is 36.1 Å². The first-order valence-electron chi connectivity index (χ1n) is 12.1. The van der Waals surface area contributed by atoms with Crippen molar-refractivity contribution in [3.63, 3.8) is 0 Å². The summed E-state index contributed by atoms with van der Waals surface area (Å²) in [6, 6.07) is 5.38. The van der Waals surface area contributed by atoms with E-state index >= 15 is 0 Å². The maximum Gasteiger partial charge on any atom is 0.254 e. The molecule has 1 unspecified atom stereocenters. The zero-order chi connectivity index (χ0) is 24.1. The lowest BCUT2D eigenvalue weighted by atomic mass is 10.1. The summed E-state index contributed by atoms with van der Waals surface area (Å²) in [4.78, 5) is 34.8. The topological polar surface area (TPSA) is 94.9 Å². The van der Waals surface area contributed by atoms with Gasteiger partial charge in [0.05, 0.1) is 18.3 Å². The number of imide groups is 1. The smallest absolute Gasteiger partial charge is 0.254 e. The number of aromatic nitrogens is 3. The molecule has 0 radical (unpaired) electrons. The van der Waals surface area contributed by atoms with Crippen molar-refractivity contribution in [3.8, 4) is 11.3 Å². The predicted octanol–water partition coefficient (Wildman–Crippen LogP) is 2.60. The molecular formula is C25H29N7O2S. The van der Waals surface area contributed by atoms with Gasteiger partial charge in [0.25, 0.3) is 5.91 Å². The number of anilines is 1. The Bertz CT molecular complexity index is 1340. The number of nitrogens with zero attached hydrogens (tertiary/aromatic N) is 5. The van der Waals surface area contributed by atoms with Crippen LogP contribution < -0.4 is 10.6 Å². The molecule has 182 valence electrons. The molecule has 3 aromatic heterocycles. The van der Waals surface area contributed by atoms with E-state index < -0.39 is 0 Å². The molecule has 2 aliphatic heterocycles. The minimum Gasteiger partial charge on any atom is -0.367 e. The van der Waals surface area contributed by atoms with Gasteiger partial charge in [0.1, 0.15) is 5.82 Å². The van der Waals surface area contributed by atoms with E-state index in [0.717, 1.165) is 55.1 Å². The summed E-state index contributed by atoms with van der Waals surface area (Å²) in [5.74, 6) is 0.274. The number of thiophene rings is 1. The normalized spacial score (nSPS) is 22.1. The molecule has 3 fully saturated rings. The minimum atomic E-state index is -0.345. The highest BCUT2D eigenvalue weighted by molar-refractivity contribution is 7.10. The van der Waals surface area contributed by atoms with Gasteiger partial charge in [-0.3, -0.25) is 19.8 Å². The van der Waals surface area contributed by atoms with E-state index in [4.69, 9.17) is 4.98 Å². The summed E-state index contributed by atoms with van der Waals surface area (Å²) >= 11 is 1.77. The van der Waals surface area contributed by atoms with Crippen LogP contribution in [0.25, 0.3) is 23.0 Å². The molecule has 35 heavy (non-hydrogen) atoms. The number of nitrogens with one attached hydrogen (secondary N) is 2. The highest BCUT2D eigenvalue weighted by atomic mass is 32.1. The third-order valence-corrected chi connectivity index (χ3v) is 7.88. The maximum atomic E-state index is 12.1. The third-order valence-electron chi connectivity index (χ3n) is 6.96. The first-order valence-corrected chi connectivity index (χ1v) is 13.0. The van der Waals surface area contributed by atoms with Gasteiger partial charge in [0, 0.05) is 64.7 Å². The second-order valence-corrected chi connectivity index (χ2v) is 10.9. The second kappa shape index (κ2) is 8.85. The van der Waals surface area contributed by atoms with Crippen molar-refractivity contribution >= 4 is 40.7 Å². The van der Waals surface area contributed by atoms with Gasteiger partial charge in [-0.25, -0.2) is 4.98 Å². The van der Waals surface area contributed by atoms with Crippen molar-refractivity contribution in [2.45, 2.75) is 44.3 Å². The standard InChI is InChI=1S/C25H29N7O2S/c1-30(2)19-5-6-31(12-19)13-20-8-17(14-35-20)21-10-22(27-18-3-4-18)32-24(28-21)16(11-26-32)7-15-9-23(33)29-25(15)34/h7-8,10-11,14,18-19,27H,3-6,9,12-13H2,1-2H3,(H,29,33,34)/b15-7+. The number of amides is 2. The molecule has 0 spiro atoms. The predicted molar refractivity (Wildman–Crippen MR) is 136 cm³/mol. The zero-order valence-electron chi connectivity index (χ0n) is 20.0. The Hall–Kier alpha value is -3.08. The van der Waals surface area contributed by atoms with Gasteiger partial charge in [-0.15, -0.1) is 11.3 Å². The van der Waals surface area contributed by atoms with Gasteiger partial charge in [0.2, 0.25) is 5.91 Å². The number of hydrogen-bond acceptors (Lipinski definition) is 8. The molecule has 3 aliphatic rings. The Labute approximate surface area is 207 Å². The zero-order valence-corrected chi connectivity index (χ0v) is 20.8. The molecule has 9 nitrogen and oxygen atoms in total. The first kappa shape index (κ1) is 22.4. The number of hydrogen-bond donors (Lipinski definition) is 2. The van der Waals surface area contributed by atoms with Crippen molar-refractivity contribution in [2.75, 3.05) is 32.5 Å². The molecule has 0 aromatic carbocycles. The van der Waals surface area contributed by atoms with E-state index in [9.17, 15) is 9.59 Å². The monoisotopic (exact) mass is 491 g/mol. The van der Waals surface area contributed by atoms with Gasteiger partial charge < -0.3 is 10.2 Å². The van der Waals surface area contributed by atoms with E-state index in [2.05, 4.69) is 57.1 Å². The fraction of sp³-hybridized carbons (Fsp3) is 0.440. The van der Waals surface area contributed by atoms with Crippen molar-refractivity contribution < 1.29 is 9.59 Å². The Balaban J connectivity index is 1.31. The van der Waals surface area contributed by atoms with Gasteiger partial charge >= 0.3 is 0 Å². The molecule has 3 aromatic rings. The molecule has 0 bridgehead atoms. The number of carbonyl (C=O) groups excluding carboxylic acids is 2. The van der Waals surface area contributed by atoms with Crippen LogP contribution in [0.5, 0.6) is 0 Å². The Morgan fingerprint density at radius 1 is 1.26 bits per heavy atom. The fourth-order valence-electron chi connectivity index (χ4n) is 4.77. The van der Waals surface area contributed by atoms with Crippen LogP contribution in [0.15, 0.2) is 29.3 Å².